The summed E-state index contributed by atoms with van der Waals surface area (Å²) in [5.41, 5.74) is 0.984. The van der Waals surface area contributed by atoms with Crippen molar-refractivity contribution >= 4 is 22.7 Å². The highest BCUT2D eigenvalue weighted by Gasteiger charge is 2.06. The van der Waals surface area contributed by atoms with Crippen LogP contribution in [-0.4, -0.2) is 23.1 Å². The van der Waals surface area contributed by atoms with Crippen molar-refractivity contribution in [2.24, 2.45) is 5.92 Å². The molecule has 1 aromatic heterocycles. The predicted molar refractivity (Wildman–Crippen MR) is 90.9 cm³/mol. The van der Waals surface area contributed by atoms with Gasteiger partial charge < -0.3 is 10.6 Å². The Morgan fingerprint density at radius 3 is 2.62 bits per heavy atom. The Hall–Kier alpha value is -1.84. The van der Waals surface area contributed by atoms with Gasteiger partial charge in [0.2, 0.25) is 5.95 Å². The lowest BCUT2D eigenvalue weighted by atomic mass is 10.1. The summed E-state index contributed by atoms with van der Waals surface area (Å²) < 4.78 is 0. The van der Waals surface area contributed by atoms with E-state index in [0.29, 0.717) is 5.95 Å². The molecule has 0 spiro atoms. The predicted octanol–water partition coefficient (Wildman–Crippen LogP) is 4.30. The van der Waals surface area contributed by atoms with Gasteiger partial charge in [0.15, 0.2) is 0 Å². The molecule has 0 bridgehead atoms. The zero-order valence-electron chi connectivity index (χ0n) is 13.3. The van der Waals surface area contributed by atoms with Gasteiger partial charge in [-0.2, -0.15) is 4.98 Å². The number of anilines is 2. The molecule has 0 unspecified atom stereocenters. The van der Waals surface area contributed by atoms with Crippen LogP contribution in [-0.2, 0) is 0 Å². The molecule has 0 saturated heterocycles. The third kappa shape index (κ3) is 4.59. The number of para-hydroxylation sites is 1. The van der Waals surface area contributed by atoms with E-state index < -0.39 is 0 Å². The minimum absolute atomic E-state index is 0.710. The maximum atomic E-state index is 4.62. The summed E-state index contributed by atoms with van der Waals surface area (Å²) in [4.78, 5) is 9.19. The third-order valence-corrected chi connectivity index (χ3v) is 3.39. The topological polar surface area (TPSA) is 49.8 Å². The van der Waals surface area contributed by atoms with Gasteiger partial charge in [0.1, 0.15) is 5.82 Å². The molecule has 114 valence electrons. The number of fused-ring (bicyclic) bond motifs is 1. The van der Waals surface area contributed by atoms with E-state index in [-0.39, 0.29) is 0 Å². The van der Waals surface area contributed by atoms with Crippen LogP contribution >= 0.6 is 0 Å². The molecule has 2 aromatic rings. The van der Waals surface area contributed by atoms with Crippen LogP contribution in [0.5, 0.6) is 0 Å². The summed E-state index contributed by atoms with van der Waals surface area (Å²) in [6, 6.07) is 8.16. The van der Waals surface area contributed by atoms with E-state index in [0.717, 1.165) is 48.6 Å². The Morgan fingerprint density at radius 1 is 1.05 bits per heavy atom. The van der Waals surface area contributed by atoms with E-state index in [9.17, 15) is 0 Å². The van der Waals surface area contributed by atoms with Crippen LogP contribution in [0, 0.1) is 5.92 Å². The number of hydrogen-bond acceptors (Lipinski definition) is 4. The Kier molecular flexibility index (Phi) is 5.78. The van der Waals surface area contributed by atoms with E-state index >= 15 is 0 Å². The first-order chi connectivity index (χ1) is 10.2. The summed E-state index contributed by atoms with van der Waals surface area (Å²) in [5, 5.41) is 7.83. The third-order valence-electron chi connectivity index (χ3n) is 3.39. The fourth-order valence-corrected chi connectivity index (χ4v) is 2.24. The van der Waals surface area contributed by atoms with Crippen LogP contribution in [0.1, 0.15) is 40.0 Å². The largest absolute Gasteiger partial charge is 0.369 e. The minimum Gasteiger partial charge on any atom is -0.369 e. The van der Waals surface area contributed by atoms with Crippen molar-refractivity contribution in [2.45, 2.75) is 40.0 Å². The smallest absolute Gasteiger partial charge is 0.225 e. The fourth-order valence-electron chi connectivity index (χ4n) is 2.24. The van der Waals surface area contributed by atoms with Gasteiger partial charge in [0.05, 0.1) is 5.52 Å². The number of nitrogens with zero attached hydrogens (tertiary/aromatic N) is 2. The molecule has 0 aliphatic rings. The van der Waals surface area contributed by atoms with Gasteiger partial charge in [-0.3, -0.25) is 0 Å². The van der Waals surface area contributed by atoms with Crippen LogP contribution < -0.4 is 10.6 Å². The lowest BCUT2D eigenvalue weighted by molar-refractivity contribution is 0.567. The van der Waals surface area contributed by atoms with E-state index in [2.05, 4.69) is 47.4 Å². The van der Waals surface area contributed by atoms with Crippen molar-refractivity contribution in [3.05, 3.63) is 24.3 Å². The maximum absolute atomic E-state index is 4.62. The first-order valence-electron chi connectivity index (χ1n) is 7.95. The normalized spacial score (nSPS) is 11.0. The molecule has 0 radical (unpaired) electrons. The lowest BCUT2D eigenvalue weighted by Gasteiger charge is -2.12. The van der Waals surface area contributed by atoms with E-state index in [1.807, 2.05) is 18.2 Å². The van der Waals surface area contributed by atoms with Gasteiger partial charge in [-0.1, -0.05) is 32.9 Å². The summed E-state index contributed by atoms with van der Waals surface area (Å²) in [7, 11) is 0. The van der Waals surface area contributed by atoms with Crippen molar-refractivity contribution in [3.63, 3.8) is 0 Å². The van der Waals surface area contributed by atoms with Crippen LogP contribution in [0.15, 0.2) is 24.3 Å². The monoisotopic (exact) mass is 286 g/mol. The zero-order chi connectivity index (χ0) is 15.1. The van der Waals surface area contributed by atoms with E-state index in [1.54, 1.807) is 0 Å². The van der Waals surface area contributed by atoms with Crippen molar-refractivity contribution in [1.82, 2.24) is 9.97 Å². The molecule has 0 saturated carbocycles. The molecule has 0 aliphatic carbocycles. The van der Waals surface area contributed by atoms with Crippen LogP contribution in [0.4, 0.5) is 11.8 Å². The summed E-state index contributed by atoms with van der Waals surface area (Å²) >= 11 is 0. The Bertz CT molecular complexity index is 566. The molecule has 0 atom stereocenters. The van der Waals surface area contributed by atoms with Gasteiger partial charge >= 0.3 is 0 Å². The second-order valence-electron chi connectivity index (χ2n) is 5.80. The highest BCUT2D eigenvalue weighted by Crippen LogP contribution is 2.22. The highest BCUT2D eigenvalue weighted by atomic mass is 15.1. The van der Waals surface area contributed by atoms with Gasteiger partial charge in [-0.05, 0) is 37.3 Å². The Morgan fingerprint density at radius 2 is 1.86 bits per heavy atom. The Labute approximate surface area is 127 Å². The highest BCUT2D eigenvalue weighted by molar-refractivity contribution is 5.89. The first-order valence-corrected chi connectivity index (χ1v) is 7.95. The average molecular weight is 286 g/mol. The van der Waals surface area contributed by atoms with E-state index in [1.165, 1.54) is 6.42 Å². The number of rotatable bonds is 8. The van der Waals surface area contributed by atoms with Crippen LogP contribution in [0.3, 0.4) is 0 Å². The Balaban J connectivity index is 2.14. The second kappa shape index (κ2) is 7.81. The van der Waals surface area contributed by atoms with Crippen LogP contribution in [0.2, 0.25) is 0 Å². The molecule has 0 aliphatic heterocycles. The summed E-state index contributed by atoms with van der Waals surface area (Å²) in [5.74, 6) is 2.39. The molecule has 4 nitrogen and oxygen atoms in total. The first kappa shape index (κ1) is 15.5. The number of hydrogen-bond donors (Lipinski definition) is 2. The second-order valence-corrected chi connectivity index (χ2v) is 5.80. The fraction of sp³-hybridized carbons (Fsp3) is 0.529. The van der Waals surface area contributed by atoms with Gasteiger partial charge in [0, 0.05) is 18.5 Å². The van der Waals surface area contributed by atoms with E-state index in [4.69, 9.17) is 0 Å². The molecular weight excluding hydrogens is 260 g/mol. The van der Waals surface area contributed by atoms with Crippen LogP contribution in [0.25, 0.3) is 10.9 Å². The van der Waals surface area contributed by atoms with Crippen molar-refractivity contribution in [3.8, 4) is 0 Å². The minimum atomic E-state index is 0.710. The molecular formula is C17H26N4. The summed E-state index contributed by atoms with van der Waals surface area (Å²) in [6.45, 7) is 8.50. The molecule has 0 fully saturated rings. The maximum Gasteiger partial charge on any atom is 0.225 e. The van der Waals surface area contributed by atoms with Gasteiger partial charge in [-0.25, -0.2) is 4.98 Å². The lowest BCUT2D eigenvalue weighted by Crippen LogP contribution is -2.09. The number of benzene rings is 1. The molecule has 0 amide bonds. The molecule has 2 N–H and O–H groups in total. The molecule has 4 heteroatoms. The number of nitrogens with one attached hydrogen (secondary N) is 2. The van der Waals surface area contributed by atoms with Crippen molar-refractivity contribution in [1.29, 1.82) is 0 Å². The molecule has 1 heterocycles. The molecule has 21 heavy (non-hydrogen) atoms. The number of aromatic nitrogens is 2. The molecule has 2 rings (SSSR count). The van der Waals surface area contributed by atoms with Gasteiger partial charge in [0.25, 0.3) is 0 Å². The zero-order valence-corrected chi connectivity index (χ0v) is 13.3. The SMILES string of the molecule is CCCNc1nc(NCCCC(C)C)c2ccccc2n1. The quantitative estimate of drug-likeness (QED) is 0.710. The van der Waals surface area contributed by atoms with Crippen molar-refractivity contribution < 1.29 is 0 Å². The average Bonchev–Trinajstić information content (AvgIpc) is 2.49. The standard InChI is InChI=1S/C17H26N4/c1-4-11-19-17-20-15-10-6-5-9-14(15)16(21-17)18-12-7-8-13(2)3/h5-6,9-10,13H,4,7-8,11-12H2,1-3H3,(H2,18,19,20,21). The van der Waals surface area contributed by atoms with Gasteiger partial charge in [-0.15, -0.1) is 0 Å². The summed E-state index contributed by atoms with van der Waals surface area (Å²) in [6.07, 6.45) is 3.46. The molecule has 1 aromatic carbocycles. The van der Waals surface area contributed by atoms with Crippen molar-refractivity contribution in [2.75, 3.05) is 23.7 Å².